The molecule has 0 aromatic carbocycles. The summed E-state index contributed by atoms with van der Waals surface area (Å²) >= 11 is 0. The molecular formula is C12H22N2O3. The highest BCUT2D eigenvalue weighted by Crippen LogP contribution is 2.10. The first-order valence-corrected chi connectivity index (χ1v) is 6.35. The number of amides is 1. The average Bonchev–Trinajstić information content (AvgIpc) is 2.55. The van der Waals surface area contributed by atoms with Crippen molar-refractivity contribution in [2.75, 3.05) is 32.7 Å². The van der Waals surface area contributed by atoms with Gasteiger partial charge >= 0.3 is 5.97 Å². The molecule has 0 aromatic rings. The average molecular weight is 242 g/mol. The van der Waals surface area contributed by atoms with E-state index in [1.54, 1.807) is 4.90 Å². The minimum Gasteiger partial charge on any atom is -0.480 e. The van der Waals surface area contributed by atoms with Gasteiger partial charge in [0.25, 0.3) is 0 Å². The van der Waals surface area contributed by atoms with Crippen LogP contribution < -0.4 is 0 Å². The van der Waals surface area contributed by atoms with Crippen LogP contribution in [0.25, 0.3) is 0 Å². The van der Waals surface area contributed by atoms with Gasteiger partial charge in [0.2, 0.25) is 5.91 Å². The molecule has 1 saturated heterocycles. The molecule has 0 saturated carbocycles. The summed E-state index contributed by atoms with van der Waals surface area (Å²) in [6.45, 7) is 4.27. The van der Waals surface area contributed by atoms with Crippen LogP contribution in [0.3, 0.4) is 0 Å². The molecule has 0 atom stereocenters. The lowest BCUT2D eigenvalue weighted by atomic mass is 10.2. The molecule has 1 rings (SSSR count). The summed E-state index contributed by atoms with van der Waals surface area (Å²) in [5.74, 6) is -0.814. The largest absolute Gasteiger partial charge is 0.480 e. The smallest absolute Gasteiger partial charge is 0.317 e. The second-order valence-corrected chi connectivity index (χ2v) is 4.49. The first kappa shape index (κ1) is 14.0. The molecule has 1 aliphatic rings. The predicted molar refractivity (Wildman–Crippen MR) is 64.8 cm³/mol. The summed E-state index contributed by atoms with van der Waals surface area (Å²) in [5, 5.41) is 8.72. The third kappa shape index (κ3) is 5.17. The van der Waals surface area contributed by atoms with E-state index in [0.29, 0.717) is 6.54 Å². The molecule has 0 unspecified atom stereocenters. The number of hydrogen-bond donors (Lipinski definition) is 1. The maximum absolute atomic E-state index is 12.0. The highest BCUT2D eigenvalue weighted by molar-refractivity contribution is 5.79. The zero-order valence-corrected chi connectivity index (χ0v) is 10.5. The summed E-state index contributed by atoms with van der Waals surface area (Å²) in [6.07, 6.45) is 4.51. The number of hydrogen-bond acceptors (Lipinski definition) is 3. The van der Waals surface area contributed by atoms with E-state index in [-0.39, 0.29) is 19.0 Å². The number of aliphatic carboxylic acids is 1. The molecule has 17 heavy (non-hydrogen) atoms. The predicted octanol–water partition coefficient (Wildman–Crippen LogP) is 0.795. The van der Waals surface area contributed by atoms with E-state index in [1.807, 2.05) is 11.8 Å². The Morgan fingerprint density at radius 2 is 1.71 bits per heavy atom. The Morgan fingerprint density at radius 3 is 2.18 bits per heavy atom. The van der Waals surface area contributed by atoms with Gasteiger partial charge in [0.15, 0.2) is 0 Å². The van der Waals surface area contributed by atoms with Gasteiger partial charge in [-0.15, -0.1) is 0 Å². The van der Waals surface area contributed by atoms with Gasteiger partial charge in [-0.2, -0.15) is 0 Å². The van der Waals surface area contributed by atoms with Gasteiger partial charge in [-0.3, -0.25) is 14.5 Å². The monoisotopic (exact) mass is 242 g/mol. The molecule has 0 aromatic heterocycles. The van der Waals surface area contributed by atoms with E-state index < -0.39 is 5.97 Å². The second-order valence-electron chi connectivity index (χ2n) is 4.49. The maximum Gasteiger partial charge on any atom is 0.317 e. The van der Waals surface area contributed by atoms with Crippen LogP contribution in [0, 0.1) is 0 Å². The fraction of sp³-hybridized carbons (Fsp3) is 0.833. The Bertz CT molecular complexity index is 260. The Kier molecular flexibility index (Phi) is 5.97. The zero-order valence-electron chi connectivity index (χ0n) is 10.5. The molecule has 1 aliphatic heterocycles. The number of carboxylic acids is 1. The van der Waals surface area contributed by atoms with Crippen molar-refractivity contribution < 1.29 is 14.7 Å². The van der Waals surface area contributed by atoms with Gasteiger partial charge in [-0.1, -0.05) is 19.8 Å². The maximum atomic E-state index is 12.0. The van der Waals surface area contributed by atoms with E-state index >= 15 is 0 Å². The van der Waals surface area contributed by atoms with Crippen LogP contribution in [0.2, 0.25) is 0 Å². The molecule has 1 amide bonds. The van der Waals surface area contributed by atoms with Crippen LogP contribution in [-0.2, 0) is 9.59 Å². The van der Waals surface area contributed by atoms with Crippen molar-refractivity contribution in [2.45, 2.75) is 32.6 Å². The zero-order chi connectivity index (χ0) is 12.7. The normalized spacial score (nSPS) is 16.9. The molecule has 1 fully saturated rings. The molecule has 0 spiro atoms. The lowest BCUT2D eigenvalue weighted by Gasteiger charge is -2.24. The Morgan fingerprint density at radius 1 is 1.12 bits per heavy atom. The molecule has 0 aliphatic carbocycles. The van der Waals surface area contributed by atoms with Gasteiger partial charge in [0.05, 0.1) is 13.1 Å². The summed E-state index contributed by atoms with van der Waals surface area (Å²) < 4.78 is 0. The Hall–Kier alpha value is -1.10. The lowest BCUT2D eigenvalue weighted by Crippen LogP contribution is -2.42. The van der Waals surface area contributed by atoms with E-state index in [0.717, 1.165) is 25.9 Å². The van der Waals surface area contributed by atoms with E-state index in [2.05, 4.69) is 0 Å². The first-order chi connectivity index (χ1) is 8.13. The van der Waals surface area contributed by atoms with Crippen molar-refractivity contribution in [1.29, 1.82) is 0 Å². The van der Waals surface area contributed by atoms with Crippen LogP contribution in [0.1, 0.15) is 32.6 Å². The number of rotatable bonds is 5. The number of nitrogens with zero attached hydrogens (tertiary/aromatic N) is 2. The van der Waals surface area contributed by atoms with Gasteiger partial charge < -0.3 is 10.0 Å². The van der Waals surface area contributed by atoms with E-state index in [9.17, 15) is 9.59 Å². The van der Waals surface area contributed by atoms with Crippen LogP contribution in [0.15, 0.2) is 0 Å². The molecular weight excluding hydrogens is 220 g/mol. The van der Waals surface area contributed by atoms with Gasteiger partial charge in [0.1, 0.15) is 0 Å². The molecule has 5 heteroatoms. The standard InChI is InChI=1S/C12H22N2O3/c1-2-13(10-12(16)17)9-11(15)14-7-5-3-4-6-8-14/h2-10H2,1H3,(H,16,17). The number of carbonyl (C=O) groups excluding carboxylic acids is 1. The van der Waals surface area contributed by atoms with Gasteiger partial charge in [0, 0.05) is 13.1 Å². The molecule has 1 heterocycles. The fourth-order valence-electron chi connectivity index (χ4n) is 2.08. The van der Waals surface area contributed by atoms with Crippen molar-refractivity contribution >= 4 is 11.9 Å². The molecule has 98 valence electrons. The second kappa shape index (κ2) is 7.27. The van der Waals surface area contributed by atoms with Crippen LogP contribution in [0.4, 0.5) is 0 Å². The molecule has 0 radical (unpaired) electrons. The third-order valence-electron chi connectivity index (χ3n) is 3.12. The Balaban J connectivity index is 2.42. The topological polar surface area (TPSA) is 60.9 Å². The van der Waals surface area contributed by atoms with E-state index in [4.69, 9.17) is 5.11 Å². The van der Waals surface area contributed by atoms with Crippen molar-refractivity contribution in [3.8, 4) is 0 Å². The minimum atomic E-state index is -0.879. The summed E-state index contributed by atoms with van der Waals surface area (Å²) in [5.41, 5.74) is 0. The molecule has 1 N–H and O–H groups in total. The van der Waals surface area contributed by atoms with Crippen molar-refractivity contribution in [3.05, 3.63) is 0 Å². The lowest BCUT2D eigenvalue weighted by molar-refractivity contribution is -0.139. The quantitative estimate of drug-likeness (QED) is 0.774. The molecule has 5 nitrogen and oxygen atoms in total. The Labute approximate surface area is 102 Å². The number of carbonyl (C=O) groups is 2. The van der Waals surface area contributed by atoms with Gasteiger partial charge in [-0.25, -0.2) is 0 Å². The van der Waals surface area contributed by atoms with E-state index in [1.165, 1.54) is 12.8 Å². The highest BCUT2D eigenvalue weighted by atomic mass is 16.4. The number of likely N-dealkylation sites (N-methyl/N-ethyl adjacent to an activating group) is 1. The number of likely N-dealkylation sites (tertiary alicyclic amines) is 1. The van der Waals surface area contributed by atoms with Crippen molar-refractivity contribution in [2.24, 2.45) is 0 Å². The summed E-state index contributed by atoms with van der Waals surface area (Å²) in [6, 6.07) is 0. The first-order valence-electron chi connectivity index (χ1n) is 6.35. The number of carboxylic acid groups (broad SMARTS) is 1. The summed E-state index contributed by atoms with van der Waals surface area (Å²) in [7, 11) is 0. The van der Waals surface area contributed by atoms with Crippen LogP contribution in [0.5, 0.6) is 0 Å². The summed E-state index contributed by atoms with van der Waals surface area (Å²) in [4.78, 5) is 26.1. The third-order valence-corrected chi connectivity index (χ3v) is 3.12. The van der Waals surface area contributed by atoms with Crippen LogP contribution in [-0.4, -0.2) is 59.5 Å². The van der Waals surface area contributed by atoms with Gasteiger partial charge in [-0.05, 0) is 19.4 Å². The highest BCUT2D eigenvalue weighted by Gasteiger charge is 2.18. The van der Waals surface area contributed by atoms with Crippen molar-refractivity contribution in [3.63, 3.8) is 0 Å². The minimum absolute atomic E-state index is 0.0594. The SMILES string of the molecule is CCN(CC(=O)O)CC(=O)N1CCCCCC1. The molecule has 0 bridgehead atoms. The fourth-order valence-corrected chi connectivity index (χ4v) is 2.08. The van der Waals surface area contributed by atoms with Crippen molar-refractivity contribution in [1.82, 2.24) is 9.80 Å². The van der Waals surface area contributed by atoms with Crippen LogP contribution >= 0.6 is 0 Å².